The molecule has 0 aliphatic heterocycles. The van der Waals surface area contributed by atoms with E-state index in [0.29, 0.717) is 0 Å². The molecular weight excluding hydrogens is 247 g/mol. The Morgan fingerprint density at radius 1 is 1.39 bits per heavy atom. The van der Waals surface area contributed by atoms with Crippen molar-refractivity contribution in [2.75, 3.05) is 19.4 Å². The van der Waals surface area contributed by atoms with Crippen molar-refractivity contribution < 1.29 is 18.0 Å². The predicted octanol–water partition coefficient (Wildman–Crippen LogP) is 1.99. The molecule has 0 saturated heterocycles. The number of carbonyl (C=O) groups excluding carboxylic acids is 1. The van der Waals surface area contributed by atoms with Crippen LogP contribution in [0.25, 0.3) is 0 Å². The molecule has 1 heterocycles. The van der Waals surface area contributed by atoms with Gasteiger partial charge in [0.15, 0.2) is 0 Å². The average Bonchev–Trinajstić information content (AvgIpc) is 2.27. The quantitative estimate of drug-likeness (QED) is 0.905. The number of alkyl halides is 3. The Bertz CT molecular complexity index is 432. The van der Waals surface area contributed by atoms with Gasteiger partial charge in [0.25, 0.3) is 0 Å². The molecule has 0 spiro atoms. The van der Waals surface area contributed by atoms with Crippen molar-refractivity contribution >= 4 is 11.7 Å². The minimum atomic E-state index is -4.49. The molecule has 0 aliphatic carbocycles. The van der Waals surface area contributed by atoms with E-state index in [2.05, 4.69) is 10.3 Å². The van der Waals surface area contributed by atoms with Gasteiger partial charge < -0.3 is 10.2 Å². The highest BCUT2D eigenvalue weighted by Gasteiger charge is 2.32. The number of hydrogen-bond donors (Lipinski definition) is 1. The minimum absolute atomic E-state index is 0.0209. The number of carbonyl (C=O) groups is 1. The van der Waals surface area contributed by atoms with Crippen LogP contribution in [0.4, 0.5) is 19.0 Å². The first-order chi connectivity index (χ1) is 8.21. The fourth-order valence-electron chi connectivity index (χ4n) is 1.34. The number of amides is 1. The number of aromatic nitrogens is 1. The van der Waals surface area contributed by atoms with Crippen molar-refractivity contribution in [3.63, 3.8) is 0 Å². The molecule has 1 rings (SSSR count). The van der Waals surface area contributed by atoms with Crippen LogP contribution in [0.5, 0.6) is 0 Å². The fraction of sp³-hybridized carbons (Fsp3) is 0.455. The van der Waals surface area contributed by atoms with Gasteiger partial charge in [0.1, 0.15) is 17.6 Å². The highest BCUT2D eigenvalue weighted by Crippen LogP contribution is 2.28. The van der Waals surface area contributed by atoms with E-state index in [9.17, 15) is 18.0 Å². The third-order valence-corrected chi connectivity index (χ3v) is 2.22. The highest BCUT2D eigenvalue weighted by atomic mass is 19.4. The molecule has 1 unspecified atom stereocenters. The second-order valence-corrected chi connectivity index (χ2v) is 4.00. The third kappa shape index (κ3) is 3.61. The molecule has 0 fully saturated rings. The molecule has 1 aromatic heterocycles. The fourth-order valence-corrected chi connectivity index (χ4v) is 1.34. The average molecular weight is 261 g/mol. The summed E-state index contributed by atoms with van der Waals surface area (Å²) in [6.45, 7) is 1.56. The lowest BCUT2D eigenvalue weighted by molar-refractivity contribution is -0.141. The number of nitrogens with zero attached hydrogens (tertiary/aromatic N) is 2. The standard InChI is InChI=1S/C11H14F3N3O/c1-7(10(18)17(2)3)15-9-6-4-5-8(16-9)11(12,13)14/h4-7H,1-3H3,(H,15,16). The molecule has 18 heavy (non-hydrogen) atoms. The van der Waals surface area contributed by atoms with Crippen molar-refractivity contribution in [2.24, 2.45) is 0 Å². The largest absolute Gasteiger partial charge is 0.433 e. The summed E-state index contributed by atoms with van der Waals surface area (Å²) < 4.78 is 37.3. The number of nitrogens with one attached hydrogen (secondary N) is 1. The smallest absolute Gasteiger partial charge is 0.359 e. The van der Waals surface area contributed by atoms with Crippen LogP contribution in [-0.4, -0.2) is 35.9 Å². The SMILES string of the molecule is CC(Nc1cccc(C(F)(F)F)n1)C(=O)N(C)C. The molecule has 1 aromatic rings. The van der Waals surface area contributed by atoms with E-state index < -0.39 is 17.9 Å². The van der Waals surface area contributed by atoms with Crippen LogP contribution in [0.1, 0.15) is 12.6 Å². The monoisotopic (exact) mass is 261 g/mol. The summed E-state index contributed by atoms with van der Waals surface area (Å²) in [4.78, 5) is 16.3. The lowest BCUT2D eigenvalue weighted by Gasteiger charge is -2.18. The first kappa shape index (κ1) is 14.3. The van der Waals surface area contributed by atoms with Crippen LogP contribution in [0.15, 0.2) is 18.2 Å². The second kappa shape index (κ2) is 5.24. The molecule has 7 heteroatoms. The highest BCUT2D eigenvalue weighted by molar-refractivity contribution is 5.83. The summed E-state index contributed by atoms with van der Waals surface area (Å²) >= 11 is 0. The number of anilines is 1. The maximum absolute atomic E-state index is 12.4. The summed E-state index contributed by atoms with van der Waals surface area (Å²) in [5.41, 5.74) is -0.989. The van der Waals surface area contributed by atoms with Gasteiger partial charge in [-0.05, 0) is 19.1 Å². The summed E-state index contributed by atoms with van der Waals surface area (Å²) in [7, 11) is 3.14. The number of likely N-dealkylation sites (N-methyl/N-ethyl adjacent to an activating group) is 1. The lowest BCUT2D eigenvalue weighted by Crippen LogP contribution is -2.36. The van der Waals surface area contributed by atoms with Gasteiger partial charge in [-0.15, -0.1) is 0 Å². The van der Waals surface area contributed by atoms with E-state index in [-0.39, 0.29) is 11.7 Å². The summed E-state index contributed by atoms with van der Waals surface area (Å²) in [6, 6.07) is 2.86. The Morgan fingerprint density at radius 3 is 2.50 bits per heavy atom. The normalized spacial score (nSPS) is 13.0. The Balaban J connectivity index is 2.83. The van der Waals surface area contributed by atoms with E-state index >= 15 is 0 Å². The molecule has 0 radical (unpaired) electrons. The Morgan fingerprint density at radius 2 is 2.00 bits per heavy atom. The van der Waals surface area contributed by atoms with Crippen molar-refractivity contribution in [1.29, 1.82) is 0 Å². The van der Waals surface area contributed by atoms with Crippen LogP contribution in [0.3, 0.4) is 0 Å². The van der Waals surface area contributed by atoms with Crippen LogP contribution < -0.4 is 5.32 Å². The van der Waals surface area contributed by atoms with E-state index in [0.717, 1.165) is 6.07 Å². The predicted molar refractivity (Wildman–Crippen MR) is 61.0 cm³/mol. The molecule has 0 aliphatic rings. The van der Waals surface area contributed by atoms with E-state index in [1.54, 1.807) is 21.0 Å². The van der Waals surface area contributed by atoms with Gasteiger partial charge in [-0.25, -0.2) is 4.98 Å². The molecule has 1 atom stereocenters. The summed E-state index contributed by atoms with van der Waals surface area (Å²) in [5, 5.41) is 2.63. The van der Waals surface area contributed by atoms with E-state index in [1.807, 2.05) is 0 Å². The molecular formula is C11H14F3N3O. The van der Waals surface area contributed by atoms with Crippen LogP contribution in [0.2, 0.25) is 0 Å². The molecule has 4 nitrogen and oxygen atoms in total. The zero-order valence-corrected chi connectivity index (χ0v) is 10.2. The summed E-state index contributed by atoms with van der Waals surface area (Å²) in [5.74, 6) is -0.221. The van der Waals surface area contributed by atoms with Crippen molar-refractivity contribution in [3.05, 3.63) is 23.9 Å². The number of rotatable bonds is 3. The molecule has 0 bridgehead atoms. The number of halogens is 3. The van der Waals surface area contributed by atoms with Gasteiger partial charge in [0.2, 0.25) is 5.91 Å². The van der Waals surface area contributed by atoms with E-state index in [1.165, 1.54) is 17.0 Å². The molecule has 1 amide bonds. The molecule has 0 aromatic carbocycles. The molecule has 0 saturated carbocycles. The zero-order valence-electron chi connectivity index (χ0n) is 10.2. The van der Waals surface area contributed by atoms with Gasteiger partial charge >= 0.3 is 6.18 Å². The van der Waals surface area contributed by atoms with Crippen molar-refractivity contribution in [2.45, 2.75) is 19.1 Å². The van der Waals surface area contributed by atoms with E-state index in [4.69, 9.17) is 0 Å². The first-order valence-corrected chi connectivity index (χ1v) is 5.24. The van der Waals surface area contributed by atoms with Crippen LogP contribution in [-0.2, 0) is 11.0 Å². The molecule has 100 valence electrons. The topological polar surface area (TPSA) is 45.2 Å². The molecule has 1 N–H and O–H groups in total. The van der Waals surface area contributed by atoms with Gasteiger partial charge in [-0.3, -0.25) is 4.79 Å². The van der Waals surface area contributed by atoms with Crippen molar-refractivity contribution in [3.8, 4) is 0 Å². The maximum Gasteiger partial charge on any atom is 0.433 e. The summed E-state index contributed by atoms with van der Waals surface area (Å²) in [6.07, 6.45) is -4.49. The van der Waals surface area contributed by atoms with Gasteiger partial charge in [0, 0.05) is 14.1 Å². The lowest BCUT2D eigenvalue weighted by atomic mass is 10.3. The Kier molecular flexibility index (Phi) is 4.15. The first-order valence-electron chi connectivity index (χ1n) is 5.24. The minimum Gasteiger partial charge on any atom is -0.359 e. The van der Waals surface area contributed by atoms with Gasteiger partial charge in [-0.2, -0.15) is 13.2 Å². The number of pyridine rings is 1. The van der Waals surface area contributed by atoms with Crippen molar-refractivity contribution in [1.82, 2.24) is 9.88 Å². The number of hydrogen-bond acceptors (Lipinski definition) is 3. The Hall–Kier alpha value is -1.79. The van der Waals surface area contributed by atoms with Crippen LogP contribution in [0, 0.1) is 0 Å². The van der Waals surface area contributed by atoms with Gasteiger partial charge in [0.05, 0.1) is 0 Å². The van der Waals surface area contributed by atoms with Crippen LogP contribution >= 0.6 is 0 Å². The zero-order chi connectivity index (χ0) is 13.9. The third-order valence-electron chi connectivity index (χ3n) is 2.22. The Labute approximate surface area is 103 Å². The van der Waals surface area contributed by atoms with Gasteiger partial charge in [-0.1, -0.05) is 6.07 Å². The maximum atomic E-state index is 12.4. The second-order valence-electron chi connectivity index (χ2n) is 4.00.